The van der Waals surface area contributed by atoms with Crippen molar-refractivity contribution in [1.82, 2.24) is 9.88 Å². The van der Waals surface area contributed by atoms with Gasteiger partial charge in [-0.1, -0.05) is 6.92 Å². The van der Waals surface area contributed by atoms with Crippen molar-refractivity contribution in [3.8, 4) is 0 Å². The first-order chi connectivity index (χ1) is 8.61. The fourth-order valence-electron chi connectivity index (χ4n) is 2.45. The predicted octanol–water partition coefficient (Wildman–Crippen LogP) is 3.20. The first-order valence-corrected chi connectivity index (χ1v) is 6.98. The van der Waals surface area contributed by atoms with Crippen molar-refractivity contribution in [3.63, 3.8) is 0 Å². The van der Waals surface area contributed by atoms with Crippen LogP contribution in [-0.2, 0) is 11.3 Å². The highest BCUT2D eigenvalue weighted by Crippen LogP contribution is 2.22. The molecule has 0 spiro atoms. The Morgan fingerprint density at radius 3 is 2.72 bits per heavy atom. The van der Waals surface area contributed by atoms with Crippen molar-refractivity contribution < 1.29 is 4.74 Å². The Balaban J connectivity index is 2.57. The summed E-state index contributed by atoms with van der Waals surface area (Å²) in [7, 11) is 1.75. The first-order valence-electron chi connectivity index (χ1n) is 6.98. The highest BCUT2D eigenvalue weighted by Gasteiger charge is 2.12. The SMILES string of the molecule is CCC(C)n1c(C)cc(CNCCCOC)c1C. The topological polar surface area (TPSA) is 26.2 Å². The molecule has 1 aromatic heterocycles. The molecular formula is C15H28N2O. The lowest BCUT2D eigenvalue weighted by Crippen LogP contribution is -2.17. The van der Waals surface area contributed by atoms with Crippen LogP contribution in [-0.4, -0.2) is 24.8 Å². The van der Waals surface area contributed by atoms with Gasteiger partial charge in [0, 0.05) is 37.7 Å². The summed E-state index contributed by atoms with van der Waals surface area (Å²) in [6, 6.07) is 2.90. The third-order valence-electron chi connectivity index (χ3n) is 3.64. The quantitative estimate of drug-likeness (QED) is 0.719. The maximum atomic E-state index is 5.04. The molecule has 0 saturated carbocycles. The Hall–Kier alpha value is -0.800. The van der Waals surface area contributed by atoms with Crippen LogP contribution in [0.2, 0.25) is 0 Å². The molecule has 0 fully saturated rings. The number of nitrogens with one attached hydrogen (secondary N) is 1. The second kappa shape index (κ2) is 7.59. The van der Waals surface area contributed by atoms with Crippen LogP contribution < -0.4 is 5.32 Å². The molecule has 3 heteroatoms. The van der Waals surface area contributed by atoms with E-state index in [-0.39, 0.29) is 0 Å². The van der Waals surface area contributed by atoms with Gasteiger partial charge in [-0.2, -0.15) is 0 Å². The molecule has 1 atom stereocenters. The van der Waals surface area contributed by atoms with Crippen LogP contribution in [0.25, 0.3) is 0 Å². The summed E-state index contributed by atoms with van der Waals surface area (Å²) in [6.45, 7) is 11.8. The number of rotatable bonds is 8. The lowest BCUT2D eigenvalue weighted by molar-refractivity contribution is 0.194. The molecule has 0 aliphatic rings. The highest BCUT2D eigenvalue weighted by atomic mass is 16.5. The molecule has 0 aromatic carbocycles. The summed E-state index contributed by atoms with van der Waals surface area (Å²) < 4.78 is 7.49. The van der Waals surface area contributed by atoms with Crippen LogP contribution in [0.3, 0.4) is 0 Å². The van der Waals surface area contributed by atoms with E-state index in [9.17, 15) is 0 Å². The summed E-state index contributed by atoms with van der Waals surface area (Å²) >= 11 is 0. The average Bonchev–Trinajstić information content (AvgIpc) is 2.63. The van der Waals surface area contributed by atoms with Gasteiger partial charge in [0.1, 0.15) is 0 Å². The van der Waals surface area contributed by atoms with E-state index in [4.69, 9.17) is 4.74 Å². The van der Waals surface area contributed by atoms with Gasteiger partial charge in [-0.3, -0.25) is 0 Å². The molecule has 104 valence electrons. The van der Waals surface area contributed by atoms with Gasteiger partial charge in [-0.25, -0.2) is 0 Å². The Bertz CT molecular complexity index is 358. The van der Waals surface area contributed by atoms with Gasteiger partial charge in [-0.05, 0) is 51.8 Å². The summed E-state index contributed by atoms with van der Waals surface area (Å²) in [5, 5.41) is 3.48. The molecule has 0 radical (unpaired) electrons. The number of hydrogen-bond acceptors (Lipinski definition) is 2. The van der Waals surface area contributed by atoms with Gasteiger partial charge in [0.25, 0.3) is 0 Å². The molecule has 0 aliphatic carbocycles. The lowest BCUT2D eigenvalue weighted by atomic mass is 10.2. The average molecular weight is 252 g/mol. The van der Waals surface area contributed by atoms with Gasteiger partial charge in [0.15, 0.2) is 0 Å². The van der Waals surface area contributed by atoms with Crippen LogP contribution in [0.15, 0.2) is 6.07 Å². The van der Waals surface area contributed by atoms with Crippen LogP contribution >= 0.6 is 0 Å². The number of ether oxygens (including phenoxy) is 1. The van der Waals surface area contributed by atoms with Crippen LogP contribution in [0.1, 0.15) is 49.7 Å². The number of nitrogens with zero attached hydrogens (tertiary/aromatic N) is 1. The molecule has 1 aromatic rings. The Morgan fingerprint density at radius 2 is 2.11 bits per heavy atom. The van der Waals surface area contributed by atoms with Gasteiger partial charge >= 0.3 is 0 Å². The molecule has 0 aliphatic heterocycles. The number of methoxy groups -OCH3 is 1. The minimum absolute atomic E-state index is 0.590. The molecule has 3 nitrogen and oxygen atoms in total. The second-order valence-corrected chi connectivity index (χ2v) is 5.05. The normalized spacial score (nSPS) is 12.9. The Kier molecular flexibility index (Phi) is 6.44. The smallest absolute Gasteiger partial charge is 0.0474 e. The summed E-state index contributed by atoms with van der Waals surface area (Å²) in [6.07, 6.45) is 2.25. The number of hydrogen-bond donors (Lipinski definition) is 1. The highest BCUT2D eigenvalue weighted by molar-refractivity contribution is 5.27. The third kappa shape index (κ3) is 3.85. The summed E-state index contributed by atoms with van der Waals surface area (Å²) in [4.78, 5) is 0. The Morgan fingerprint density at radius 1 is 1.39 bits per heavy atom. The summed E-state index contributed by atoms with van der Waals surface area (Å²) in [5.74, 6) is 0. The van der Waals surface area contributed by atoms with Gasteiger partial charge in [0.2, 0.25) is 0 Å². The van der Waals surface area contributed by atoms with E-state index in [1.54, 1.807) is 7.11 Å². The van der Waals surface area contributed by atoms with E-state index < -0.39 is 0 Å². The van der Waals surface area contributed by atoms with E-state index in [1.165, 1.54) is 23.4 Å². The number of aryl methyl sites for hydroxylation is 1. The molecule has 0 bridgehead atoms. The van der Waals surface area contributed by atoms with Crippen molar-refractivity contribution in [1.29, 1.82) is 0 Å². The molecular weight excluding hydrogens is 224 g/mol. The van der Waals surface area contributed by atoms with E-state index in [2.05, 4.69) is 43.6 Å². The van der Waals surface area contributed by atoms with E-state index in [0.29, 0.717) is 6.04 Å². The summed E-state index contributed by atoms with van der Waals surface area (Å²) in [5.41, 5.74) is 4.20. The maximum Gasteiger partial charge on any atom is 0.0474 e. The Labute approximate surface area is 112 Å². The molecule has 1 unspecified atom stereocenters. The van der Waals surface area contributed by atoms with Gasteiger partial charge < -0.3 is 14.6 Å². The molecule has 1 heterocycles. The van der Waals surface area contributed by atoms with E-state index >= 15 is 0 Å². The van der Waals surface area contributed by atoms with Crippen molar-refractivity contribution in [2.45, 2.75) is 53.1 Å². The van der Waals surface area contributed by atoms with Crippen LogP contribution in [0, 0.1) is 13.8 Å². The monoisotopic (exact) mass is 252 g/mol. The number of aromatic nitrogens is 1. The first kappa shape index (κ1) is 15.3. The fraction of sp³-hybridized carbons (Fsp3) is 0.733. The van der Waals surface area contributed by atoms with Crippen LogP contribution in [0.4, 0.5) is 0 Å². The van der Waals surface area contributed by atoms with E-state index in [0.717, 1.165) is 26.1 Å². The third-order valence-corrected chi connectivity index (χ3v) is 3.64. The maximum absolute atomic E-state index is 5.04. The zero-order valence-electron chi connectivity index (χ0n) is 12.5. The zero-order valence-corrected chi connectivity index (χ0v) is 12.5. The largest absolute Gasteiger partial charge is 0.385 e. The predicted molar refractivity (Wildman–Crippen MR) is 77.1 cm³/mol. The molecule has 1 rings (SSSR count). The molecule has 0 saturated heterocycles. The van der Waals surface area contributed by atoms with Crippen molar-refractivity contribution in [2.24, 2.45) is 0 Å². The molecule has 1 N–H and O–H groups in total. The van der Waals surface area contributed by atoms with Crippen LogP contribution in [0.5, 0.6) is 0 Å². The zero-order chi connectivity index (χ0) is 13.5. The van der Waals surface area contributed by atoms with Crippen molar-refractivity contribution >= 4 is 0 Å². The minimum Gasteiger partial charge on any atom is -0.385 e. The molecule has 18 heavy (non-hydrogen) atoms. The minimum atomic E-state index is 0.590. The van der Waals surface area contributed by atoms with Gasteiger partial charge in [-0.15, -0.1) is 0 Å². The lowest BCUT2D eigenvalue weighted by Gasteiger charge is -2.17. The van der Waals surface area contributed by atoms with Crippen molar-refractivity contribution in [3.05, 3.63) is 23.0 Å². The van der Waals surface area contributed by atoms with E-state index in [1.807, 2.05) is 0 Å². The molecule has 0 amide bonds. The fourth-order valence-corrected chi connectivity index (χ4v) is 2.45. The van der Waals surface area contributed by atoms with Crippen molar-refractivity contribution in [2.75, 3.05) is 20.3 Å². The van der Waals surface area contributed by atoms with Gasteiger partial charge in [0.05, 0.1) is 0 Å². The standard InChI is InChI=1S/C15H28N2O/c1-6-12(2)17-13(3)10-15(14(17)4)11-16-8-7-9-18-5/h10,12,16H,6-9,11H2,1-5H3. The second-order valence-electron chi connectivity index (χ2n) is 5.05.